The van der Waals surface area contributed by atoms with Gasteiger partial charge in [-0.25, -0.2) is 4.39 Å². The van der Waals surface area contributed by atoms with Crippen LogP contribution in [0.4, 0.5) is 10.1 Å². The summed E-state index contributed by atoms with van der Waals surface area (Å²) in [6, 6.07) is 2.77. The third-order valence-electron chi connectivity index (χ3n) is 1.99. The molecule has 2 N–H and O–H groups in total. The molecule has 3 heteroatoms. The Kier molecular flexibility index (Phi) is 1.46. The van der Waals surface area contributed by atoms with Crippen molar-refractivity contribution in [2.24, 2.45) is 0 Å². The number of fused-ring (bicyclic) bond motifs is 1. The van der Waals surface area contributed by atoms with E-state index in [0.29, 0.717) is 11.4 Å². The van der Waals surface area contributed by atoms with Crippen LogP contribution in [0.25, 0.3) is 0 Å². The molecule has 2 rings (SSSR count). The number of anilines is 1. The van der Waals surface area contributed by atoms with Gasteiger partial charge in [-0.05, 0) is 13.0 Å². The van der Waals surface area contributed by atoms with E-state index in [1.807, 2.05) is 6.92 Å². The Labute approximate surface area is 70.1 Å². The van der Waals surface area contributed by atoms with Crippen molar-refractivity contribution >= 4 is 5.69 Å². The van der Waals surface area contributed by atoms with Crippen LogP contribution in [-0.2, 0) is 6.42 Å². The number of benzene rings is 1. The van der Waals surface area contributed by atoms with Crippen LogP contribution in [0.15, 0.2) is 12.1 Å². The van der Waals surface area contributed by atoms with Crippen molar-refractivity contribution < 1.29 is 9.13 Å². The van der Waals surface area contributed by atoms with E-state index in [2.05, 4.69) is 0 Å². The van der Waals surface area contributed by atoms with Crippen LogP contribution in [0.3, 0.4) is 0 Å². The monoisotopic (exact) mass is 167 g/mol. The summed E-state index contributed by atoms with van der Waals surface area (Å²) in [5.74, 6) is 0.368. The minimum Gasteiger partial charge on any atom is -0.488 e. The number of nitrogen functional groups attached to an aromatic ring is 1. The molecule has 0 amide bonds. The summed E-state index contributed by atoms with van der Waals surface area (Å²) in [4.78, 5) is 0. The van der Waals surface area contributed by atoms with Crippen molar-refractivity contribution in [3.8, 4) is 5.75 Å². The fourth-order valence-electron chi connectivity index (χ4n) is 1.52. The maximum atomic E-state index is 12.8. The second-order valence-corrected chi connectivity index (χ2v) is 3.12. The zero-order valence-electron chi connectivity index (χ0n) is 6.80. The fraction of sp³-hybridized carbons (Fsp3) is 0.333. The van der Waals surface area contributed by atoms with Crippen molar-refractivity contribution in [3.05, 3.63) is 23.5 Å². The van der Waals surface area contributed by atoms with E-state index in [1.165, 1.54) is 12.1 Å². The van der Waals surface area contributed by atoms with Crippen molar-refractivity contribution in [2.45, 2.75) is 19.4 Å². The number of ether oxygens (including phenoxy) is 1. The van der Waals surface area contributed by atoms with E-state index >= 15 is 0 Å². The second kappa shape index (κ2) is 2.37. The number of hydrogen-bond acceptors (Lipinski definition) is 2. The van der Waals surface area contributed by atoms with Crippen LogP contribution >= 0.6 is 0 Å². The zero-order valence-corrected chi connectivity index (χ0v) is 6.80. The van der Waals surface area contributed by atoms with Gasteiger partial charge < -0.3 is 10.5 Å². The van der Waals surface area contributed by atoms with Gasteiger partial charge in [-0.2, -0.15) is 0 Å². The Morgan fingerprint density at radius 2 is 2.33 bits per heavy atom. The summed E-state index contributed by atoms with van der Waals surface area (Å²) in [7, 11) is 0. The first-order valence-electron chi connectivity index (χ1n) is 3.91. The van der Waals surface area contributed by atoms with E-state index in [1.54, 1.807) is 0 Å². The standard InChI is InChI=1S/C9H10FNO/c1-5-2-6-3-7(10)4-8(11)9(6)12-5/h3-5H,2,11H2,1H3. The Hall–Kier alpha value is -1.25. The minimum atomic E-state index is -0.288. The fourth-order valence-corrected chi connectivity index (χ4v) is 1.52. The molecule has 1 atom stereocenters. The summed E-state index contributed by atoms with van der Waals surface area (Å²) in [5.41, 5.74) is 6.84. The average Bonchev–Trinajstić information content (AvgIpc) is 2.29. The highest BCUT2D eigenvalue weighted by Crippen LogP contribution is 2.34. The first-order valence-corrected chi connectivity index (χ1v) is 3.91. The van der Waals surface area contributed by atoms with E-state index in [-0.39, 0.29) is 11.9 Å². The molecule has 0 radical (unpaired) electrons. The number of rotatable bonds is 0. The first kappa shape index (κ1) is 7.40. The van der Waals surface area contributed by atoms with E-state index in [4.69, 9.17) is 10.5 Å². The van der Waals surface area contributed by atoms with Crippen LogP contribution < -0.4 is 10.5 Å². The number of hydrogen-bond donors (Lipinski definition) is 1. The van der Waals surface area contributed by atoms with E-state index in [0.717, 1.165) is 12.0 Å². The summed E-state index contributed by atoms with van der Waals surface area (Å²) in [6.07, 6.45) is 0.862. The molecule has 0 aromatic heterocycles. The maximum Gasteiger partial charge on any atom is 0.146 e. The highest BCUT2D eigenvalue weighted by molar-refractivity contribution is 5.58. The van der Waals surface area contributed by atoms with Crippen LogP contribution in [0, 0.1) is 5.82 Å². The van der Waals surface area contributed by atoms with Gasteiger partial charge in [0.2, 0.25) is 0 Å². The smallest absolute Gasteiger partial charge is 0.146 e. The molecular formula is C9H10FNO. The van der Waals surface area contributed by atoms with Crippen LogP contribution in [0.2, 0.25) is 0 Å². The van der Waals surface area contributed by atoms with Crippen molar-refractivity contribution in [3.63, 3.8) is 0 Å². The van der Waals surface area contributed by atoms with Gasteiger partial charge in [0.15, 0.2) is 0 Å². The Morgan fingerprint density at radius 1 is 1.58 bits per heavy atom. The lowest BCUT2D eigenvalue weighted by Gasteiger charge is -2.04. The summed E-state index contributed by atoms with van der Waals surface area (Å²) >= 11 is 0. The molecule has 1 aromatic carbocycles. The van der Waals surface area contributed by atoms with Crippen molar-refractivity contribution in [1.82, 2.24) is 0 Å². The molecule has 1 heterocycles. The van der Waals surface area contributed by atoms with Gasteiger partial charge in [0.25, 0.3) is 0 Å². The predicted molar refractivity (Wildman–Crippen MR) is 44.6 cm³/mol. The lowest BCUT2D eigenvalue weighted by molar-refractivity contribution is 0.256. The maximum absolute atomic E-state index is 12.8. The quantitative estimate of drug-likeness (QED) is 0.597. The van der Waals surface area contributed by atoms with Gasteiger partial charge in [0.05, 0.1) is 5.69 Å². The molecule has 1 aliphatic rings. The third-order valence-corrected chi connectivity index (χ3v) is 1.99. The number of halogens is 1. The molecule has 1 aromatic rings. The molecule has 0 saturated carbocycles. The predicted octanol–water partition coefficient (Wildman–Crippen LogP) is 1.73. The van der Waals surface area contributed by atoms with Gasteiger partial charge in [-0.1, -0.05) is 0 Å². The van der Waals surface area contributed by atoms with Gasteiger partial charge in [0.1, 0.15) is 17.7 Å². The molecule has 0 fully saturated rings. The molecule has 0 spiro atoms. The molecule has 0 bridgehead atoms. The topological polar surface area (TPSA) is 35.2 Å². The second-order valence-electron chi connectivity index (χ2n) is 3.12. The molecule has 1 unspecified atom stereocenters. The average molecular weight is 167 g/mol. The van der Waals surface area contributed by atoms with Gasteiger partial charge >= 0.3 is 0 Å². The highest BCUT2D eigenvalue weighted by atomic mass is 19.1. The summed E-state index contributed by atoms with van der Waals surface area (Å²) < 4.78 is 18.2. The molecule has 2 nitrogen and oxygen atoms in total. The summed E-state index contributed by atoms with van der Waals surface area (Å²) in [6.45, 7) is 1.94. The van der Waals surface area contributed by atoms with E-state index in [9.17, 15) is 4.39 Å². The largest absolute Gasteiger partial charge is 0.488 e. The van der Waals surface area contributed by atoms with Gasteiger partial charge in [0, 0.05) is 18.1 Å². The third kappa shape index (κ3) is 1.02. The normalized spacial score (nSPS) is 20.3. The molecule has 1 aliphatic heterocycles. The van der Waals surface area contributed by atoms with E-state index < -0.39 is 0 Å². The van der Waals surface area contributed by atoms with Crippen LogP contribution in [-0.4, -0.2) is 6.10 Å². The van der Waals surface area contributed by atoms with Gasteiger partial charge in [-0.3, -0.25) is 0 Å². The van der Waals surface area contributed by atoms with Crippen LogP contribution in [0.1, 0.15) is 12.5 Å². The van der Waals surface area contributed by atoms with Crippen LogP contribution in [0.5, 0.6) is 5.75 Å². The number of nitrogens with two attached hydrogens (primary N) is 1. The lowest BCUT2D eigenvalue weighted by Crippen LogP contribution is -2.05. The van der Waals surface area contributed by atoms with Gasteiger partial charge in [-0.15, -0.1) is 0 Å². The Balaban J connectivity index is 2.52. The molecular weight excluding hydrogens is 157 g/mol. The first-order chi connectivity index (χ1) is 5.66. The molecule has 0 saturated heterocycles. The van der Waals surface area contributed by atoms with Crippen molar-refractivity contribution in [1.29, 1.82) is 0 Å². The SMILES string of the molecule is CC1Cc2cc(F)cc(N)c2O1. The molecule has 0 aliphatic carbocycles. The molecule has 64 valence electrons. The lowest BCUT2D eigenvalue weighted by atomic mass is 10.1. The highest BCUT2D eigenvalue weighted by Gasteiger charge is 2.21. The zero-order chi connectivity index (χ0) is 8.72. The Morgan fingerprint density at radius 3 is 3.08 bits per heavy atom. The Bertz CT molecular complexity index is 325. The summed E-state index contributed by atoms with van der Waals surface area (Å²) in [5, 5.41) is 0. The molecule has 12 heavy (non-hydrogen) atoms. The minimum absolute atomic E-state index is 0.115. The van der Waals surface area contributed by atoms with Crippen molar-refractivity contribution in [2.75, 3.05) is 5.73 Å².